The molecular weight excluding hydrogens is 236 g/mol. The van der Waals surface area contributed by atoms with Crippen molar-refractivity contribution in [1.82, 2.24) is 9.97 Å². The normalized spacial score (nSPS) is 10.5. The molecule has 0 radical (unpaired) electrons. The van der Waals surface area contributed by atoms with Crippen LogP contribution in [0.25, 0.3) is 10.9 Å². The number of hydrogen-bond donors (Lipinski definition) is 2. The number of anilines is 2. The second kappa shape index (κ2) is 4.94. The Morgan fingerprint density at radius 1 is 1.00 bits per heavy atom. The number of hydrogen-bond acceptors (Lipinski definition) is 4. The predicted octanol–water partition coefficient (Wildman–Crippen LogP) is 2.82. The van der Waals surface area contributed by atoms with E-state index in [9.17, 15) is 0 Å². The summed E-state index contributed by atoms with van der Waals surface area (Å²) in [6.07, 6.45) is 5.35. The fourth-order valence-corrected chi connectivity index (χ4v) is 2.05. The molecule has 94 valence electrons. The highest BCUT2D eigenvalue weighted by atomic mass is 14.9. The third kappa shape index (κ3) is 2.33. The number of nitrogen functional groups attached to an aromatic ring is 1. The van der Waals surface area contributed by atoms with E-state index in [4.69, 9.17) is 5.73 Å². The molecule has 4 nitrogen and oxygen atoms in total. The maximum absolute atomic E-state index is 5.93. The molecule has 2 aromatic heterocycles. The molecule has 3 N–H and O–H groups in total. The summed E-state index contributed by atoms with van der Waals surface area (Å²) in [4.78, 5) is 8.33. The van der Waals surface area contributed by atoms with Crippen molar-refractivity contribution in [3.8, 4) is 0 Å². The summed E-state index contributed by atoms with van der Waals surface area (Å²) in [5, 5.41) is 4.45. The van der Waals surface area contributed by atoms with Crippen molar-refractivity contribution in [2.24, 2.45) is 0 Å². The van der Waals surface area contributed by atoms with Crippen molar-refractivity contribution in [3.63, 3.8) is 0 Å². The lowest BCUT2D eigenvalue weighted by molar-refractivity contribution is 1.13. The van der Waals surface area contributed by atoms with E-state index in [1.54, 1.807) is 18.6 Å². The molecule has 0 aliphatic rings. The molecule has 0 aliphatic heterocycles. The maximum Gasteiger partial charge on any atom is 0.0951 e. The zero-order chi connectivity index (χ0) is 13.1. The number of para-hydroxylation sites is 1. The summed E-state index contributed by atoms with van der Waals surface area (Å²) in [5.74, 6) is 0. The Morgan fingerprint density at radius 2 is 1.84 bits per heavy atom. The molecule has 4 heteroatoms. The van der Waals surface area contributed by atoms with E-state index in [-0.39, 0.29) is 0 Å². The van der Waals surface area contributed by atoms with Gasteiger partial charge in [0.2, 0.25) is 0 Å². The van der Waals surface area contributed by atoms with E-state index in [1.807, 2.05) is 36.4 Å². The minimum Gasteiger partial charge on any atom is -0.397 e. The molecule has 2 heterocycles. The van der Waals surface area contributed by atoms with Gasteiger partial charge in [0, 0.05) is 36.2 Å². The average molecular weight is 250 g/mol. The van der Waals surface area contributed by atoms with Gasteiger partial charge in [0.05, 0.1) is 11.2 Å². The molecule has 0 fully saturated rings. The number of pyridine rings is 2. The first kappa shape index (κ1) is 11.5. The molecule has 0 spiro atoms. The molecule has 0 atom stereocenters. The summed E-state index contributed by atoms with van der Waals surface area (Å²) in [6, 6.07) is 11.8. The molecule has 3 aromatic rings. The molecular formula is C15H14N4. The first-order chi connectivity index (χ1) is 9.34. The average Bonchev–Trinajstić information content (AvgIpc) is 2.47. The quantitative estimate of drug-likeness (QED) is 0.702. The predicted molar refractivity (Wildman–Crippen MR) is 77.7 cm³/mol. The van der Waals surface area contributed by atoms with E-state index in [0.717, 1.165) is 23.1 Å². The van der Waals surface area contributed by atoms with Crippen LogP contribution in [0.4, 0.5) is 11.4 Å². The number of nitrogens with one attached hydrogen (secondary N) is 1. The third-order valence-corrected chi connectivity index (χ3v) is 3.03. The first-order valence-corrected chi connectivity index (χ1v) is 6.10. The van der Waals surface area contributed by atoms with Crippen LogP contribution >= 0.6 is 0 Å². The van der Waals surface area contributed by atoms with E-state index in [2.05, 4.69) is 15.3 Å². The maximum atomic E-state index is 5.93. The van der Waals surface area contributed by atoms with Crippen LogP contribution in [0.3, 0.4) is 0 Å². The molecule has 0 bridgehead atoms. The molecule has 0 amide bonds. The van der Waals surface area contributed by atoms with Crippen LogP contribution in [0.2, 0.25) is 0 Å². The van der Waals surface area contributed by atoms with Crippen LogP contribution in [0, 0.1) is 0 Å². The standard InChI is InChI=1S/C15H14N4/c16-13-3-1-2-12-14(6-9-18-15(12)13)19-10-11-4-7-17-8-5-11/h1-9H,10,16H2,(H,18,19). The van der Waals surface area contributed by atoms with E-state index in [1.165, 1.54) is 5.56 Å². The van der Waals surface area contributed by atoms with Crippen molar-refractivity contribution in [1.29, 1.82) is 0 Å². The van der Waals surface area contributed by atoms with Gasteiger partial charge in [-0.1, -0.05) is 12.1 Å². The summed E-state index contributed by atoms with van der Waals surface area (Å²) >= 11 is 0. The fourth-order valence-electron chi connectivity index (χ4n) is 2.05. The van der Waals surface area contributed by atoms with Gasteiger partial charge in [-0.15, -0.1) is 0 Å². The van der Waals surface area contributed by atoms with Gasteiger partial charge in [-0.2, -0.15) is 0 Å². The van der Waals surface area contributed by atoms with Crippen molar-refractivity contribution < 1.29 is 0 Å². The number of nitrogens with zero attached hydrogens (tertiary/aromatic N) is 2. The topological polar surface area (TPSA) is 63.8 Å². The molecule has 1 aromatic carbocycles. The van der Waals surface area contributed by atoms with Gasteiger partial charge >= 0.3 is 0 Å². The van der Waals surface area contributed by atoms with Crippen LogP contribution in [0.1, 0.15) is 5.56 Å². The van der Waals surface area contributed by atoms with Crippen molar-refractivity contribution in [3.05, 3.63) is 60.6 Å². The van der Waals surface area contributed by atoms with Crippen molar-refractivity contribution in [2.75, 3.05) is 11.1 Å². The van der Waals surface area contributed by atoms with Gasteiger partial charge in [0.1, 0.15) is 0 Å². The minimum absolute atomic E-state index is 0.699. The van der Waals surface area contributed by atoms with Gasteiger partial charge < -0.3 is 11.1 Å². The lowest BCUT2D eigenvalue weighted by atomic mass is 10.1. The first-order valence-electron chi connectivity index (χ1n) is 6.10. The smallest absolute Gasteiger partial charge is 0.0951 e. The number of nitrogens with two attached hydrogens (primary N) is 1. The molecule has 0 saturated carbocycles. The zero-order valence-corrected chi connectivity index (χ0v) is 10.4. The summed E-state index contributed by atoms with van der Waals surface area (Å²) in [7, 11) is 0. The number of aromatic nitrogens is 2. The third-order valence-electron chi connectivity index (χ3n) is 3.03. The van der Waals surface area contributed by atoms with Gasteiger partial charge in [0.25, 0.3) is 0 Å². The molecule has 0 aliphatic carbocycles. The fraction of sp³-hybridized carbons (Fsp3) is 0.0667. The van der Waals surface area contributed by atoms with E-state index < -0.39 is 0 Å². The highest BCUT2D eigenvalue weighted by Crippen LogP contribution is 2.25. The second-order valence-corrected chi connectivity index (χ2v) is 4.31. The van der Waals surface area contributed by atoms with Crippen molar-refractivity contribution in [2.45, 2.75) is 6.54 Å². The Bertz CT molecular complexity index is 695. The summed E-state index contributed by atoms with van der Waals surface area (Å²) in [6.45, 7) is 0.746. The Morgan fingerprint density at radius 3 is 2.68 bits per heavy atom. The second-order valence-electron chi connectivity index (χ2n) is 4.31. The van der Waals surface area contributed by atoms with Gasteiger partial charge in [0.15, 0.2) is 0 Å². The van der Waals surface area contributed by atoms with E-state index >= 15 is 0 Å². The zero-order valence-electron chi connectivity index (χ0n) is 10.4. The van der Waals surface area contributed by atoms with Crippen LogP contribution in [-0.4, -0.2) is 9.97 Å². The summed E-state index contributed by atoms with van der Waals surface area (Å²) in [5.41, 5.74) is 9.69. The van der Waals surface area contributed by atoms with Crippen LogP contribution < -0.4 is 11.1 Å². The van der Waals surface area contributed by atoms with E-state index in [0.29, 0.717) is 5.69 Å². The van der Waals surface area contributed by atoms with Gasteiger partial charge in [-0.3, -0.25) is 9.97 Å². The van der Waals surface area contributed by atoms with Crippen molar-refractivity contribution >= 4 is 22.3 Å². The number of benzene rings is 1. The van der Waals surface area contributed by atoms with Gasteiger partial charge in [-0.05, 0) is 29.8 Å². The Labute approximate surface area is 111 Å². The highest BCUT2D eigenvalue weighted by Gasteiger charge is 2.03. The lowest BCUT2D eigenvalue weighted by Gasteiger charge is -2.10. The number of rotatable bonds is 3. The molecule has 19 heavy (non-hydrogen) atoms. The van der Waals surface area contributed by atoms with Crippen LogP contribution in [0.5, 0.6) is 0 Å². The number of fused-ring (bicyclic) bond motifs is 1. The van der Waals surface area contributed by atoms with Crippen LogP contribution in [-0.2, 0) is 6.54 Å². The molecule has 0 unspecified atom stereocenters. The summed E-state index contributed by atoms with van der Waals surface area (Å²) < 4.78 is 0. The highest BCUT2D eigenvalue weighted by molar-refractivity contribution is 5.97. The molecule has 3 rings (SSSR count). The monoisotopic (exact) mass is 250 g/mol. The Hall–Kier alpha value is -2.62. The Kier molecular flexibility index (Phi) is 2.98. The molecule has 0 saturated heterocycles. The Balaban J connectivity index is 1.91. The lowest BCUT2D eigenvalue weighted by Crippen LogP contribution is -2.01. The SMILES string of the molecule is Nc1cccc2c(NCc3ccncc3)ccnc12. The largest absolute Gasteiger partial charge is 0.397 e. The minimum atomic E-state index is 0.699. The van der Waals surface area contributed by atoms with Gasteiger partial charge in [-0.25, -0.2) is 0 Å². The van der Waals surface area contributed by atoms with Crippen LogP contribution in [0.15, 0.2) is 55.0 Å².